The quantitative estimate of drug-likeness (QED) is 0.184. The lowest BCUT2D eigenvalue weighted by Crippen LogP contribution is -1.91. The first-order chi connectivity index (χ1) is 23.3. The van der Waals surface area contributed by atoms with Crippen LogP contribution in [0.15, 0.2) is 176 Å². The molecule has 0 amide bonds. The predicted molar refractivity (Wildman–Crippen MR) is 195 cm³/mol. The molecule has 3 nitrogen and oxygen atoms in total. The van der Waals surface area contributed by atoms with Crippen LogP contribution in [0, 0.1) is 0 Å². The summed E-state index contributed by atoms with van der Waals surface area (Å²) in [4.78, 5) is 9.77. The molecule has 0 aliphatic heterocycles. The molecule has 9 rings (SSSR count). The Kier molecular flexibility index (Phi) is 6.46. The molecule has 0 saturated carbocycles. The van der Waals surface area contributed by atoms with E-state index in [1.165, 1.54) is 32.7 Å². The molecule has 0 saturated heterocycles. The van der Waals surface area contributed by atoms with Crippen molar-refractivity contribution in [3.8, 4) is 56.0 Å². The molecule has 0 aliphatic rings. The Morgan fingerprint density at radius 2 is 1.11 bits per heavy atom. The van der Waals surface area contributed by atoms with E-state index in [0.717, 1.165) is 50.5 Å². The second-order valence-electron chi connectivity index (χ2n) is 11.9. The molecule has 0 fully saturated rings. The maximum absolute atomic E-state index is 5.03. The van der Waals surface area contributed by atoms with Crippen LogP contribution >= 0.6 is 0 Å². The van der Waals surface area contributed by atoms with Crippen LogP contribution in [-0.2, 0) is 0 Å². The zero-order chi connectivity index (χ0) is 31.2. The number of pyridine rings is 2. The van der Waals surface area contributed by atoms with Crippen LogP contribution in [0.1, 0.15) is 0 Å². The van der Waals surface area contributed by atoms with Crippen LogP contribution in [0.5, 0.6) is 0 Å². The van der Waals surface area contributed by atoms with Gasteiger partial charge in [-0.3, -0.25) is 9.38 Å². The molecule has 3 heterocycles. The van der Waals surface area contributed by atoms with E-state index in [4.69, 9.17) is 9.97 Å². The number of hydrogen-bond acceptors (Lipinski definition) is 2. The molecule has 0 atom stereocenters. The standard InChI is InChI=1S/C44H29N3/c1-2-12-31(13-3-1)43-44(47-25-11-9-19-42(47)46-43)32-22-20-30(21-23-32)34-26-35(28-36(27-34)41-18-8-10-24-45-41)40-29-33-14-4-5-15-37(33)38-16-6-7-17-39(38)40/h1-29H. The minimum Gasteiger partial charge on any atom is -0.299 e. The van der Waals surface area contributed by atoms with Crippen LogP contribution in [0.3, 0.4) is 0 Å². The fourth-order valence-electron chi connectivity index (χ4n) is 6.81. The fourth-order valence-corrected chi connectivity index (χ4v) is 6.81. The van der Waals surface area contributed by atoms with Gasteiger partial charge in [-0.1, -0.05) is 115 Å². The summed E-state index contributed by atoms with van der Waals surface area (Å²) in [6, 6.07) is 58.1. The molecule has 0 bridgehead atoms. The summed E-state index contributed by atoms with van der Waals surface area (Å²) in [5, 5.41) is 5.01. The van der Waals surface area contributed by atoms with Crippen molar-refractivity contribution in [2.75, 3.05) is 0 Å². The van der Waals surface area contributed by atoms with E-state index in [2.05, 4.69) is 156 Å². The van der Waals surface area contributed by atoms with Crippen molar-refractivity contribution in [1.29, 1.82) is 0 Å². The zero-order valence-corrected chi connectivity index (χ0v) is 25.6. The monoisotopic (exact) mass is 599 g/mol. The number of fused-ring (bicyclic) bond motifs is 4. The van der Waals surface area contributed by atoms with Gasteiger partial charge in [-0.05, 0) is 92.3 Å². The molecule has 0 N–H and O–H groups in total. The number of aromatic nitrogens is 3. The number of nitrogens with zero attached hydrogens (tertiary/aromatic N) is 3. The Balaban J connectivity index is 1.22. The van der Waals surface area contributed by atoms with Gasteiger partial charge in [0.2, 0.25) is 0 Å². The number of hydrogen-bond donors (Lipinski definition) is 0. The van der Waals surface area contributed by atoms with Gasteiger partial charge in [0.25, 0.3) is 0 Å². The van der Waals surface area contributed by atoms with Gasteiger partial charge >= 0.3 is 0 Å². The largest absolute Gasteiger partial charge is 0.299 e. The van der Waals surface area contributed by atoms with Gasteiger partial charge in [0.15, 0.2) is 0 Å². The molecule has 6 aromatic carbocycles. The van der Waals surface area contributed by atoms with Gasteiger partial charge in [0.05, 0.1) is 17.1 Å². The highest BCUT2D eigenvalue weighted by molar-refractivity contribution is 6.14. The van der Waals surface area contributed by atoms with Crippen molar-refractivity contribution in [3.05, 3.63) is 176 Å². The number of rotatable bonds is 5. The highest BCUT2D eigenvalue weighted by Crippen LogP contribution is 2.39. The van der Waals surface area contributed by atoms with E-state index in [-0.39, 0.29) is 0 Å². The van der Waals surface area contributed by atoms with Crippen molar-refractivity contribution in [1.82, 2.24) is 14.4 Å². The minimum atomic E-state index is 0.931. The molecular weight excluding hydrogens is 571 g/mol. The number of benzene rings is 6. The van der Waals surface area contributed by atoms with Crippen molar-refractivity contribution >= 4 is 27.2 Å². The van der Waals surface area contributed by atoms with Crippen LogP contribution in [0.4, 0.5) is 0 Å². The molecular formula is C44H29N3. The lowest BCUT2D eigenvalue weighted by atomic mass is 9.90. The van der Waals surface area contributed by atoms with Gasteiger partial charge in [0, 0.05) is 29.1 Å². The van der Waals surface area contributed by atoms with E-state index in [1.54, 1.807) is 0 Å². The summed E-state index contributed by atoms with van der Waals surface area (Å²) in [7, 11) is 0. The SMILES string of the molecule is c1ccc(-c2nc3ccccn3c2-c2ccc(-c3cc(-c4ccccn4)cc(-c4cc5ccccc5c5ccccc45)c3)cc2)cc1. The first-order valence-electron chi connectivity index (χ1n) is 15.9. The molecule has 0 unspecified atom stereocenters. The van der Waals surface area contributed by atoms with Crippen molar-refractivity contribution in [2.24, 2.45) is 0 Å². The molecule has 0 aliphatic carbocycles. The van der Waals surface area contributed by atoms with Gasteiger partial charge in [-0.25, -0.2) is 4.98 Å². The average molecular weight is 600 g/mol. The maximum atomic E-state index is 5.03. The van der Waals surface area contributed by atoms with E-state index < -0.39 is 0 Å². The molecule has 0 spiro atoms. The smallest absolute Gasteiger partial charge is 0.137 e. The number of imidazole rings is 1. The Hall–Kier alpha value is -6.32. The summed E-state index contributed by atoms with van der Waals surface area (Å²) < 4.78 is 2.18. The van der Waals surface area contributed by atoms with Gasteiger partial charge in [-0.2, -0.15) is 0 Å². The molecule has 47 heavy (non-hydrogen) atoms. The van der Waals surface area contributed by atoms with E-state index >= 15 is 0 Å². The third-order valence-electron chi connectivity index (χ3n) is 9.04. The summed E-state index contributed by atoms with van der Waals surface area (Å²) in [5.41, 5.74) is 11.9. The third kappa shape index (κ3) is 4.77. The second kappa shape index (κ2) is 11.2. The van der Waals surface area contributed by atoms with Crippen LogP contribution in [-0.4, -0.2) is 14.4 Å². The summed E-state index contributed by atoms with van der Waals surface area (Å²) in [5.74, 6) is 0. The maximum Gasteiger partial charge on any atom is 0.137 e. The van der Waals surface area contributed by atoms with E-state index in [1.807, 2.05) is 24.4 Å². The normalized spacial score (nSPS) is 11.4. The highest BCUT2D eigenvalue weighted by atomic mass is 15.0. The van der Waals surface area contributed by atoms with Gasteiger partial charge in [0.1, 0.15) is 5.65 Å². The molecule has 0 radical (unpaired) electrons. The van der Waals surface area contributed by atoms with Gasteiger partial charge in [-0.15, -0.1) is 0 Å². The molecule has 9 aromatic rings. The Bertz CT molecular complexity index is 2550. The van der Waals surface area contributed by atoms with Crippen molar-refractivity contribution in [2.45, 2.75) is 0 Å². The summed E-state index contributed by atoms with van der Waals surface area (Å²) in [6.07, 6.45) is 3.95. The van der Waals surface area contributed by atoms with Gasteiger partial charge < -0.3 is 0 Å². The zero-order valence-electron chi connectivity index (χ0n) is 25.6. The Labute approximate surface area is 273 Å². The Morgan fingerprint density at radius 3 is 1.94 bits per heavy atom. The summed E-state index contributed by atoms with van der Waals surface area (Å²) >= 11 is 0. The average Bonchev–Trinajstić information content (AvgIpc) is 3.55. The minimum absolute atomic E-state index is 0.931. The fraction of sp³-hybridized carbons (Fsp3) is 0. The van der Waals surface area contributed by atoms with E-state index in [0.29, 0.717) is 0 Å². The summed E-state index contributed by atoms with van der Waals surface area (Å²) in [6.45, 7) is 0. The van der Waals surface area contributed by atoms with Crippen LogP contribution in [0.25, 0.3) is 83.2 Å². The van der Waals surface area contributed by atoms with Crippen LogP contribution in [0.2, 0.25) is 0 Å². The lowest BCUT2D eigenvalue weighted by Gasteiger charge is -2.15. The highest BCUT2D eigenvalue weighted by Gasteiger charge is 2.17. The molecule has 3 heteroatoms. The van der Waals surface area contributed by atoms with Crippen molar-refractivity contribution in [3.63, 3.8) is 0 Å². The molecule has 220 valence electrons. The first-order valence-corrected chi connectivity index (χ1v) is 15.9. The third-order valence-corrected chi connectivity index (χ3v) is 9.04. The van der Waals surface area contributed by atoms with Crippen molar-refractivity contribution < 1.29 is 0 Å². The Morgan fingerprint density at radius 1 is 0.426 bits per heavy atom. The van der Waals surface area contributed by atoms with Crippen LogP contribution < -0.4 is 0 Å². The van der Waals surface area contributed by atoms with E-state index in [9.17, 15) is 0 Å². The topological polar surface area (TPSA) is 30.2 Å². The molecule has 3 aromatic heterocycles. The predicted octanol–water partition coefficient (Wildman–Crippen LogP) is 11.4. The second-order valence-corrected chi connectivity index (χ2v) is 11.9. The first kappa shape index (κ1) is 27.0. The lowest BCUT2D eigenvalue weighted by molar-refractivity contribution is 1.19.